The zero-order chi connectivity index (χ0) is 27.7. The molecule has 206 valence electrons. The van der Waals surface area contributed by atoms with E-state index in [2.05, 4.69) is 61.1 Å². The highest BCUT2D eigenvalue weighted by Crippen LogP contribution is 2.48. The van der Waals surface area contributed by atoms with Crippen molar-refractivity contribution in [1.29, 1.82) is 0 Å². The Balaban J connectivity index is 1.46. The normalized spacial score (nSPS) is 18.3. The van der Waals surface area contributed by atoms with Crippen molar-refractivity contribution in [2.24, 2.45) is 11.8 Å². The lowest BCUT2D eigenvalue weighted by Gasteiger charge is -2.30. The first kappa shape index (κ1) is 27.3. The van der Waals surface area contributed by atoms with Gasteiger partial charge in [0.05, 0.1) is 13.3 Å². The number of aryl methyl sites for hydroxylation is 1. The minimum Gasteiger partial charge on any atom is -0.485 e. The van der Waals surface area contributed by atoms with Crippen LogP contribution in [0.25, 0.3) is 11.1 Å². The fourth-order valence-electron chi connectivity index (χ4n) is 5.85. The van der Waals surface area contributed by atoms with E-state index in [0.717, 1.165) is 41.8 Å². The summed E-state index contributed by atoms with van der Waals surface area (Å²) in [5.74, 6) is 2.02. The lowest BCUT2D eigenvalue weighted by atomic mass is 9.80. The van der Waals surface area contributed by atoms with Crippen LogP contribution in [0.15, 0.2) is 48.7 Å². The highest BCUT2D eigenvalue weighted by molar-refractivity contribution is 5.79. The predicted molar refractivity (Wildman–Crippen MR) is 152 cm³/mol. The van der Waals surface area contributed by atoms with Crippen LogP contribution in [0.3, 0.4) is 0 Å². The molecule has 5 rings (SSSR count). The van der Waals surface area contributed by atoms with Gasteiger partial charge in [0.15, 0.2) is 0 Å². The third-order valence-electron chi connectivity index (χ3n) is 8.54. The number of Topliss-reactive ketones (excluding diaryl/α,β-unsaturated/α-hetero) is 1. The molecule has 1 unspecified atom stereocenters. The van der Waals surface area contributed by atoms with Crippen LogP contribution in [0.4, 0.5) is 4.39 Å². The molecule has 0 radical (unpaired) electrons. The fourth-order valence-corrected chi connectivity index (χ4v) is 5.85. The average molecular weight is 531 g/mol. The van der Waals surface area contributed by atoms with Crippen molar-refractivity contribution in [3.8, 4) is 22.8 Å². The molecule has 6 heteroatoms. The SMILES string of the molecule is CCN(C)Cc1cc(C2CCc3ccc([C@H](C4CC4)[C@H](C)C(C)=O)cc3O2)ccc1-c1cc(OC)ncc1F. The van der Waals surface area contributed by atoms with Crippen molar-refractivity contribution in [3.05, 3.63) is 76.7 Å². The zero-order valence-corrected chi connectivity index (χ0v) is 23.7. The quantitative estimate of drug-likeness (QED) is 0.279. The molecule has 5 nitrogen and oxygen atoms in total. The van der Waals surface area contributed by atoms with Crippen molar-refractivity contribution >= 4 is 5.78 Å². The van der Waals surface area contributed by atoms with Gasteiger partial charge in [-0.2, -0.15) is 0 Å². The Labute approximate surface area is 231 Å². The topological polar surface area (TPSA) is 51.7 Å². The van der Waals surface area contributed by atoms with Crippen molar-refractivity contribution in [2.45, 2.75) is 65.0 Å². The molecule has 3 atom stereocenters. The van der Waals surface area contributed by atoms with E-state index in [1.54, 1.807) is 13.0 Å². The second kappa shape index (κ2) is 11.5. The summed E-state index contributed by atoms with van der Waals surface area (Å²) in [7, 11) is 3.60. The van der Waals surface area contributed by atoms with E-state index in [1.807, 2.05) is 6.07 Å². The van der Waals surface area contributed by atoms with Gasteiger partial charge in [0.2, 0.25) is 5.88 Å². The molecule has 1 aromatic heterocycles. The lowest BCUT2D eigenvalue weighted by Crippen LogP contribution is -2.20. The van der Waals surface area contributed by atoms with Gasteiger partial charge in [-0.3, -0.25) is 4.79 Å². The van der Waals surface area contributed by atoms with Crippen LogP contribution in [-0.2, 0) is 17.8 Å². The van der Waals surface area contributed by atoms with Crippen LogP contribution in [0, 0.1) is 17.7 Å². The molecule has 1 saturated carbocycles. The first-order valence-electron chi connectivity index (χ1n) is 14.1. The van der Waals surface area contributed by atoms with Crippen molar-refractivity contribution < 1.29 is 18.7 Å². The highest BCUT2D eigenvalue weighted by atomic mass is 19.1. The third-order valence-corrected chi connectivity index (χ3v) is 8.54. The van der Waals surface area contributed by atoms with Gasteiger partial charge in [0.1, 0.15) is 23.5 Å². The molecule has 2 aromatic carbocycles. The van der Waals surface area contributed by atoms with Crippen molar-refractivity contribution in [1.82, 2.24) is 9.88 Å². The number of rotatable bonds is 10. The fraction of sp³-hybridized carbons (Fsp3) is 0.455. The minimum absolute atomic E-state index is 0.00722. The average Bonchev–Trinajstić information content (AvgIpc) is 3.78. The van der Waals surface area contributed by atoms with Crippen LogP contribution in [0.5, 0.6) is 11.6 Å². The summed E-state index contributed by atoms with van der Waals surface area (Å²) in [6, 6.07) is 14.5. The lowest BCUT2D eigenvalue weighted by molar-refractivity contribution is -0.121. The van der Waals surface area contributed by atoms with E-state index in [0.29, 0.717) is 23.9 Å². The number of benzene rings is 2. The van der Waals surface area contributed by atoms with E-state index in [4.69, 9.17) is 9.47 Å². The molecule has 0 spiro atoms. The molecule has 2 heterocycles. The van der Waals surface area contributed by atoms with E-state index in [1.165, 1.54) is 37.3 Å². The predicted octanol–water partition coefficient (Wildman–Crippen LogP) is 7.13. The van der Waals surface area contributed by atoms with Crippen LogP contribution in [0.1, 0.15) is 74.3 Å². The van der Waals surface area contributed by atoms with Gasteiger partial charge < -0.3 is 14.4 Å². The number of ether oxygens (including phenoxy) is 2. The number of hydrogen-bond acceptors (Lipinski definition) is 5. The van der Waals surface area contributed by atoms with Gasteiger partial charge in [0.25, 0.3) is 0 Å². The van der Waals surface area contributed by atoms with E-state index >= 15 is 0 Å². The molecule has 0 bridgehead atoms. The van der Waals surface area contributed by atoms with Gasteiger partial charge >= 0.3 is 0 Å². The molecule has 1 aliphatic carbocycles. The molecule has 1 aliphatic heterocycles. The molecule has 1 fully saturated rings. The Bertz CT molecular complexity index is 1350. The molecule has 2 aliphatic rings. The summed E-state index contributed by atoms with van der Waals surface area (Å²) in [5.41, 5.74) is 5.87. The van der Waals surface area contributed by atoms with Crippen molar-refractivity contribution in [2.75, 3.05) is 20.7 Å². The smallest absolute Gasteiger partial charge is 0.213 e. The second-order valence-corrected chi connectivity index (χ2v) is 11.2. The second-order valence-electron chi connectivity index (χ2n) is 11.2. The monoisotopic (exact) mass is 530 g/mol. The van der Waals surface area contributed by atoms with Gasteiger partial charge in [-0.05, 0) is 91.9 Å². The number of nitrogens with zero attached hydrogens (tertiary/aromatic N) is 2. The molecular formula is C33H39FN2O3. The van der Waals surface area contributed by atoms with E-state index < -0.39 is 0 Å². The first-order valence-corrected chi connectivity index (χ1v) is 14.1. The van der Waals surface area contributed by atoms with Crippen LogP contribution < -0.4 is 9.47 Å². The van der Waals surface area contributed by atoms with Crippen LogP contribution in [-0.4, -0.2) is 36.4 Å². The number of aromatic nitrogens is 1. The van der Waals surface area contributed by atoms with Crippen LogP contribution in [0.2, 0.25) is 0 Å². The maximum absolute atomic E-state index is 14.9. The Morgan fingerprint density at radius 3 is 2.64 bits per heavy atom. The van der Waals surface area contributed by atoms with Crippen molar-refractivity contribution in [3.63, 3.8) is 0 Å². The molecule has 0 amide bonds. The zero-order valence-electron chi connectivity index (χ0n) is 23.7. The van der Waals surface area contributed by atoms with Gasteiger partial charge in [-0.1, -0.05) is 44.2 Å². The molecule has 0 saturated heterocycles. The Kier molecular flexibility index (Phi) is 8.03. The summed E-state index contributed by atoms with van der Waals surface area (Å²) in [5, 5.41) is 0. The summed E-state index contributed by atoms with van der Waals surface area (Å²) in [6.45, 7) is 7.44. The Hall–Kier alpha value is -3.25. The summed E-state index contributed by atoms with van der Waals surface area (Å²) >= 11 is 0. The van der Waals surface area contributed by atoms with Gasteiger partial charge in [0, 0.05) is 24.1 Å². The number of carbonyl (C=O) groups is 1. The van der Waals surface area contributed by atoms with Gasteiger partial charge in [-0.15, -0.1) is 0 Å². The number of hydrogen-bond donors (Lipinski definition) is 0. The third kappa shape index (κ3) is 5.86. The maximum Gasteiger partial charge on any atom is 0.213 e. The van der Waals surface area contributed by atoms with Crippen LogP contribution >= 0.6 is 0 Å². The minimum atomic E-state index is -0.371. The number of carbonyl (C=O) groups excluding carboxylic acids is 1. The molecule has 3 aromatic rings. The number of methoxy groups -OCH3 is 1. The summed E-state index contributed by atoms with van der Waals surface area (Å²) in [6.07, 6.45) is 5.31. The maximum atomic E-state index is 14.9. The number of fused-ring (bicyclic) bond motifs is 1. The summed E-state index contributed by atoms with van der Waals surface area (Å²) in [4.78, 5) is 18.5. The standard InChI is InChI=1S/C33H39FN2O3/c1-6-36(4)19-26-15-24(11-13-27(26)28-17-32(38-5)35-18-29(28)34)30-14-12-22-7-10-25(16-31(22)39-30)33(23-8-9-23)20(2)21(3)37/h7,10-11,13,15-18,20,23,30,33H,6,8-9,12,14,19H2,1-5H3/t20-,30?,33+/m1/s1. The number of ketones is 1. The number of halogens is 1. The molecule has 0 N–H and O–H groups in total. The Morgan fingerprint density at radius 2 is 1.95 bits per heavy atom. The molecular weight excluding hydrogens is 491 g/mol. The van der Waals surface area contributed by atoms with E-state index in [9.17, 15) is 9.18 Å². The van der Waals surface area contributed by atoms with E-state index in [-0.39, 0.29) is 29.5 Å². The largest absolute Gasteiger partial charge is 0.485 e. The molecule has 39 heavy (non-hydrogen) atoms. The Morgan fingerprint density at radius 1 is 1.15 bits per heavy atom. The highest BCUT2D eigenvalue weighted by Gasteiger charge is 2.38. The first-order chi connectivity index (χ1) is 18.8. The number of pyridine rings is 1. The van der Waals surface area contributed by atoms with Gasteiger partial charge in [-0.25, -0.2) is 9.37 Å². The summed E-state index contributed by atoms with van der Waals surface area (Å²) < 4.78 is 26.8.